The van der Waals surface area contributed by atoms with E-state index in [0.29, 0.717) is 6.61 Å². The van der Waals surface area contributed by atoms with Gasteiger partial charge in [-0.1, -0.05) is 42.0 Å². The molecule has 4 nitrogen and oxygen atoms in total. The number of anilines is 1. The van der Waals surface area contributed by atoms with Crippen molar-refractivity contribution >= 4 is 16.5 Å². The smallest absolute Gasteiger partial charge is 0.147 e. The summed E-state index contributed by atoms with van der Waals surface area (Å²) in [6, 6.07) is 19.4. The van der Waals surface area contributed by atoms with Crippen molar-refractivity contribution < 1.29 is 4.74 Å². The molecule has 1 N–H and O–H groups in total. The average Bonchev–Trinajstić information content (AvgIpc) is 3.10. The first kappa shape index (κ1) is 17.8. The van der Waals surface area contributed by atoms with E-state index in [1.54, 1.807) is 0 Å². The van der Waals surface area contributed by atoms with E-state index in [-0.39, 0.29) is 6.17 Å². The number of benzene rings is 3. The van der Waals surface area contributed by atoms with Crippen LogP contribution in [0, 0.1) is 20.8 Å². The lowest BCUT2D eigenvalue weighted by Crippen LogP contribution is -2.26. The fourth-order valence-corrected chi connectivity index (χ4v) is 4.50. The summed E-state index contributed by atoms with van der Waals surface area (Å²) < 4.78 is 8.00. The molecule has 4 aromatic rings. The second kappa shape index (κ2) is 6.66. The second-order valence-corrected chi connectivity index (χ2v) is 7.80. The molecule has 1 atom stereocenters. The Morgan fingerprint density at radius 3 is 2.59 bits per heavy atom. The molecule has 0 unspecified atom stereocenters. The molecule has 29 heavy (non-hydrogen) atoms. The van der Waals surface area contributed by atoms with Gasteiger partial charge >= 0.3 is 0 Å². The Balaban J connectivity index is 1.75. The molecule has 5 rings (SSSR count). The average molecular weight is 383 g/mol. The molecule has 3 aromatic carbocycles. The highest BCUT2D eigenvalue weighted by Crippen LogP contribution is 2.43. The molecular weight excluding hydrogens is 358 g/mol. The number of fused-ring (bicyclic) bond motifs is 4. The van der Waals surface area contributed by atoms with Gasteiger partial charge in [0, 0.05) is 22.2 Å². The van der Waals surface area contributed by atoms with Crippen LogP contribution in [0.25, 0.3) is 22.0 Å². The van der Waals surface area contributed by atoms with Gasteiger partial charge in [0.25, 0.3) is 0 Å². The highest BCUT2D eigenvalue weighted by Gasteiger charge is 2.29. The summed E-state index contributed by atoms with van der Waals surface area (Å²) in [6.07, 6.45) is -0.0758. The number of aromatic nitrogens is 2. The van der Waals surface area contributed by atoms with Crippen LogP contribution in [0.5, 0.6) is 5.75 Å². The molecular formula is C25H25N3O. The van der Waals surface area contributed by atoms with E-state index in [1.807, 2.05) is 6.92 Å². The van der Waals surface area contributed by atoms with E-state index in [4.69, 9.17) is 9.84 Å². The maximum Gasteiger partial charge on any atom is 0.147 e. The van der Waals surface area contributed by atoms with Gasteiger partial charge in [-0.2, -0.15) is 5.10 Å². The fourth-order valence-electron chi connectivity index (χ4n) is 4.50. The van der Waals surface area contributed by atoms with Gasteiger partial charge in [0.05, 0.1) is 18.0 Å². The summed E-state index contributed by atoms with van der Waals surface area (Å²) in [6.45, 7) is 9.05. The van der Waals surface area contributed by atoms with Gasteiger partial charge in [-0.15, -0.1) is 0 Å². The molecule has 1 aliphatic rings. The minimum atomic E-state index is -0.0758. The third-order valence-electron chi connectivity index (χ3n) is 5.65. The zero-order valence-corrected chi connectivity index (χ0v) is 17.3. The molecule has 0 saturated heterocycles. The van der Waals surface area contributed by atoms with E-state index in [9.17, 15) is 0 Å². The van der Waals surface area contributed by atoms with Gasteiger partial charge in [0.1, 0.15) is 11.9 Å². The predicted molar refractivity (Wildman–Crippen MR) is 119 cm³/mol. The van der Waals surface area contributed by atoms with Crippen LogP contribution in [0.1, 0.15) is 35.5 Å². The van der Waals surface area contributed by atoms with E-state index in [0.717, 1.165) is 22.5 Å². The van der Waals surface area contributed by atoms with Crippen molar-refractivity contribution in [3.63, 3.8) is 0 Å². The monoisotopic (exact) mass is 383 g/mol. The molecule has 0 bridgehead atoms. The lowest BCUT2D eigenvalue weighted by atomic mass is 9.96. The summed E-state index contributed by atoms with van der Waals surface area (Å²) in [5.41, 5.74) is 8.29. The maximum atomic E-state index is 5.88. The third-order valence-corrected chi connectivity index (χ3v) is 5.65. The first-order valence-corrected chi connectivity index (χ1v) is 10.2. The summed E-state index contributed by atoms with van der Waals surface area (Å²) in [4.78, 5) is 0. The van der Waals surface area contributed by atoms with Gasteiger partial charge in [-0.25, -0.2) is 4.68 Å². The topological polar surface area (TPSA) is 39.1 Å². The van der Waals surface area contributed by atoms with Crippen LogP contribution < -0.4 is 10.1 Å². The lowest BCUT2D eigenvalue weighted by Gasteiger charge is -2.31. The van der Waals surface area contributed by atoms with Crippen LogP contribution in [0.2, 0.25) is 0 Å². The Morgan fingerprint density at radius 2 is 1.79 bits per heavy atom. The summed E-state index contributed by atoms with van der Waals surface area (Å²) in [5.74, 6) is 0.923. The standard InChI is InChI=1S/C25H25N3O/c1-5-29-23-11-10-20(18-8-6-7-9-19(18)23)25-26-24-16(3)12-15(2)13-21(24)22-14-17(4)27-28(22)25/h6-14,25-26H,5H2,1-4H3/t25-/m1/s1. The van der Waals surface area contributed by atoms with Gasteiger partial charge in [0.15, 0.2) is 0 Å². The predicted octanol–water partition coefficient (Wildman–Crippen LogP) is 6.00. The van der Waals surface area contributed by atoms with Crippen LogP contribution in [0.3, 0.4) is 0 Å². The van der Waals surface area contributed by atoms with Gasteiger partial charge in [0.2, 0.25) is 0 Å². The van der Waals surface area contributed by atoms with Gasteiger partial charge < -0.3 is 10.1 Å². The van der Waals surface area contributed by atoms with Crippen molar-refractivity contribution in [2.75, 3.05) is 11.9 Å². The Morgan fingerprint density at radius 1 is 1.00 bits per heavy atom. The molecule has 0 saturated carbocycles. The van der Waals surface area contributed by atoms with E-state index < -0.39 is 0 Å². The van der Waals surface area contributed by atoms with Crippen LogP contribution in [0.15, 0.2) is 54.6 Å². The van der Waals surface area contributed by atoms with Crippen molar-refractivity contribution in [3.05, 3.63) is 77.0 Å². The quantitative estimate of drug-likeness (QED) is 0.472. The number of nitrogens with zero attached hydrogens (tertiary/aromatic N) is 2. The molecule has 1 aliphatic heterocycles. The molecule has 0 spiro atoms. The third kappa shape index (κ3) is 2.79. The van der Waals surface area contributed by atoms with Crippen LogP contribution >= 0.6 is 0 Å². The van der Waals surface area contributed by atoms with Crippen molar-refractivity contribution in [1.82, 2.24) is 9.78 Å². The summed E-state index contributed by atoms with van der Waals surface area (Å²) >= 11 is 0. The van der Waals surface area contributed by atoms with Crippen LogP contribution in [-0.2, 0) is 0 Å². The minimum Gasteiger partial charge on any atom is -0.493 e. The fraction of sp³-hybridized carbons (Fsp3) is 0.240. The van der Waals surface area contributed by atoms with Crippen molar-refractivity contribution in [1.29, 1.82) is 0 Å². The number of hydrogen-bond donors (Lipinski definition) is 1. The van der Waals surface area contributed by atoms with Crippen LogP contribution in [-0.4, -0.2) is 16.4 Å². The molecule has 1 aromatic heterocycles. The largest absolute Gasteiger partial charge is 0.493 e. The van der Waals surface area contributed by atoms with Crippen molar-refractivity contribution in [2.24, 2.45) is 0 Å². The number of ether oxygens (including phenoxy) is 1. The summed E-state index contributed by atoms with van der Waals surface area (Å²) in [7, 11) is 0. The Labute approximate surface area is 171 Å². The normalized spacial score (nSPS) is 15.0. The van der Waals surface area contributed by atoms with Crippen LogP contribution in [0.4, 0.5) is 5.69 Å². The van der Waals surface area contributed by atoms with Crippen molar-refractivity contribution in [2.45, 2.75) is 33.9 Å². The van der Waals surface area contributed by atoms with Gasteiger partial charge in [-0.3, -0.25) is 0 Å². The highest BCUT2D eigenvalue weighted by molar-refractivity contribution is 5.92. The molecule has 2 heterocycles. The summed E-state index contributed by atoms with van der Waals surface area (Å²) in [5, 5.41) is 11.0. The number of hydrogen-bond acceptors (Lipinski definition) is 3. The van der Waals surface area contributed by atoms with E-state index in [1.165, 1.54) is 33.3 Å². The lowest BCUT2D eigenvalue weighted by molar-refractivity contribution is 0.344. The highest BCUT2D eigenvalue weighted by atomic mass is 16.5. The zero-order chi connectivity index (χ0) is 20.1. The molecule has 146 valence electrons. The molecule has 0 amide bonds. The number of nitrogens with one attached hydrogen (secondary N) is 1. The second-order valence-electron chi connectivity index (χ2n) is 7.80. The van der Waals surface area contributed by atoms with Crippen molar-refractivity contribution in [3.8, 4) is 17.0 Å². The first-order valence-electron chi connectivity index (χ1n) is 10.2. The molecule has 0 fully saturated rings. The SMILES string of the molecule is CCOc1ccc([C@@H]2Nc3c(C)cc(C)cc3-c3cc(C)nn32)c2ccccc12. The zero-order valence-electron chi connectivity index (χ0n) is 17.3. The molecule has 0 radical (unpaired) electrons. The van der Waals surface area contributed by atoms with Gasteiger partial charge in [-0.05, 0) is 56.8 Å². The van der Waals surface area contributed by atoms with E-state index in [2.05, 4.69) is 85.4 Å². The Hall–Kier alpha value is -3.27. The Bertz CT molecular complexity index is 1240. The number of aryl methyl sites for hydroxylation is 3. The van der Waals surface area contributed by atoms with E-state index >= 15 is 0 Å². The number of rotatable bonds is 3. The molecule has 0 aliphatic carbocycles. The Kier molecular flexibility index (Phi) is 4.09. The first-order chi connectivity index (χ1) is 14.1. The maximum absolute atomic E-state index is 5.88. The molecule has 4 heteroatoms. The minimum absolute atomic E-state index is 0.0758.